The summed E-state index contributed by atoms with van der Waals surface area (Å²) in [6.45, 7) is 11.2. The number of anilines is 2. The van der Waals surface area contributed by atoms with Gasteiger partial charge in [0.2, 0.25) is 0 Å². The maximum absolute atomic E-state index is 13.5. The second-order valence-electron chi connectivity index (χ2n) is 11.6. The minimum Gasteiger partial charge on any atom is -0.379 e. The molecule has 0 unspecified atom stereocenters. The predicted molar refractivity (Wildman–Crippen MR) is 164 cm³/mol. The van der Waals surface area contributed by atoms with Crippen molar-refractivity contribution in [1.82, 2.24) is 15.3 Å². The second-order valence-corrected chi connectivity index (χ2v) is 15.5. The Morgan fingerprint density at radius 3 is 2.52 bits per heavy atom. The first-order chi connectivity index (χ1) is 19.7. The van der Waals surface area contributed by atoms with Gasteiger partial charge >= 0.3 is 6.18 Å². The molecular weight excluding hydrogens is 567 g/mol. The summed E-state index contributed by atoms with van der Waals surface area (Å²) in [6, 6.07) is 7.47. The van der Waals surface area contributed by atoms with Crippen LogP contribution in [0.5, 0.6) is 0 Å². The monoisotopic (exact) mass is 607 g/mol. The Morgan fingerprint density at radius 2 is 1.86 bits per heavy atom. The largest absolute Gasteiger partial charge is 0.416 e. The van der Waals surface area contributed by atoms with Gasteiger partial charge in [0, 0.05) is 36.5 Å². The number of fused-ring (bicyclic) bond motifs is 1. The molecule has 230 valence electrons. The van der Waals surface area contributed by atoms with E-state index in [-0.39, 0.29) is 22.8 Å². The van der Waals surface area contributed by atoms with Gasteiger partial charge in [-0.1, -0.05) is 32.9 Å². The molecule has 1 aliphatic heterocycles. The molecule has 1 saturated heterocycles. The average Bonchev–Trinajstić information content (AvgIpc) is 2.93. The van der Waals surface area contributed by atoms with Gasteiger partial charge in [-0.15, -0.1) is 10.3 Å². The predicted octanol–water partition coefficient (Wildman–Crippen LogP) is 5.93. The quantitative estimate of drug-likeness (QED) is 0.292. The van der Waals surface area contributed by atoms with Gasteiger partial charge in [0.1, 0.15) is 11.3 Å². The van der Waals surface area contributed by atoms with Crippen LogP contribution >= 0.6 is 10.3 Å². The van der Waals surface area contributed by atoms with E-state index in [2.05, 4.69) is 53.8 Å². The van der Waals surface area contributed by atoms with E-state index in [1.807, 2.05) is 0 Å². The molecule has 0 bridgehead atoms. The zero-order valence-electron chi connectivity index (χ0n) is 25.0. The van der Waals surface area contributed by atoms with E-state index in [0.717, 1.165) is 6.07 Å². The van der Waals surface area contributed by atoms with Crippen LogP contribution in [0.1, 0.15) is 47.8 Å². The fourth-order valence-electron chi connectivity index (χ4n) is 4.38. The standard InChI is InChI=1S/C30H40F3N5O3S/c1-20-21(8-7-9-23(20)30(31,32)33)18-35-24-16-22(28(39)34-10-13-41-42(5,6)29(2,3)4)17-25-27(24)37-26(19-36-25)38-11-14-40-15-12-38/h7-9,16-17,19,35H,10-15,18H2,1-6H3,(H,34,39). The number of halogens is 3. The van der Waals surface area contributed by atoms with Gasteiger partial charge in [-0.05, 0) is 48.8 Å². The van der Waals surface area contributed by atoms with Gasteiger partial charge in [-0.3, -0.25) is 9.78 Å². The normalized spacial score (nSPS) is 15.1. The number of hydrogen-bond acceptors (Lipinski definition) is 7. The van der Waals surface area contributed by atoms with Crippen LogP contribution in [-0.2, 0) is 21.6 Å². The molecule has 1 aromatic heterocycles. The number of carbonyl (C=O) groups excluding carboxylic acids is 1. The Labute approximate surface area is 246 Å². The van der Waals surface area contributed by atoms with Crippen molar-refractivity contribution >= 4 is 38.8 Å². The number of nitrogens with zero attached hydrogens (tertiary/aromatic N) is 3. The fraction of sp³-hybridized carbons (Fsp3) is 0.500. The number of hydrogen-bond donors (Lipinski definition) is 2. The highest BCUT2D eigenvalue weighted by atomic mass is 32.3. The summed E-state index contributed by atoms with van der Waals surface area (Å²) in [5.74, 6) is 0.365. The SMILES string of the molecule is Cc1c(CNc2cc(C(=O)NCCOS(C)(C)C(C)(C)C)cc3ncc(N4CCOCC4)nc23)cccc1C(F)(F)F. The van der Waals surface area contributed by atoms with Crippen LogP contribution in [0, 0.1) is 6.92 Å². The van der Waals surface area contributed by atoms with E-state index in [4.69, 9.17) is 13.9 Å². The minimum absolute atomic E-state index is 0.00659. The van der Waals surface area contributed by atoms with E-state index in [1.54, 1.807) is 24.4 Å². The molecule has 1 fully saturated rings. The average molecular weight is 608 g/mol. The molecule has 4 rings (SSSR count). The third-order valence-electron chi connectivity index (χ3n) is 7.69. The van der Waals surface area contributed by atoms with Crippen molar-refractivity contribution in [2.45, 2.75) is 45.2 Å². The van der Waals surface area contributed by atoms with E-state index < -0.39 is 22.0 Å². The van der Waals surface area contributed by atoms with Gasteiger partial charge in [-0.25, -0.2) is 4.98 Å². The zero-order valence-corrected chi connectivity index (χ0v) is 25.8. The Morgan fingerprint density at radius 1 is 1.14 bits per heavy atom. The third-order valence-corrected chi connectivity index (χ3v) is 11.4. The minimum atomic E-state index is -4.45. The maximum Gasteiger partial charge on any atom is 0.416 e. The summed E-state index contributed by atoms with van der Waals surface area (Å²) in [4.78, 5) is 24.7. The smallest absolute Gasteiger partial charge is 0.379 e. The van der Waals surface area contributed by atoms with E-state index >= 15 is 0 Å². The second kappa shape index (κ2) is 12.6. The lowest BCUT2D eigenvalue weighted by molar-refractivity contribution is -0.138. The van der Waals surface area contributed by atoms with Crippen molar-refractivity contribution in [2.24, 2.45) is 0 Å². The lowest BCUT2D eigenvalue weighted by Crippen LogP contribution is -2.36. The van der Waals surface area contributed by atoms with Gasteiger partial charge in [-0.2, -0.15) is 13.2 Å². The fourth-order valence-corrected chi connectivity index (χ4v) is 5.24. The van der Waals surface area contributed by atoms with Crippen LogP contribution in [0.15, 0.2) is 36.5 Å². The topological polar surface area (TPSA) is 88.6 Å². The number of amides is 1. The Kier molecular flexibility index (Phi) is 9.58. The van der Waals surface area contributed by atoms with E-state index in [9.17, 15) is 18.0 Å². The molecule has 1 amide bonds. The summed E-state index contributed by atoms with van der Waals surface area (Å²) >= 11 is 0. The number of morpholine rings is 1. The van der Waals surface area contributed by atoms with Crippen LogP contribution in [0.25, 0.3) is 11.0 Å². The molecule has 0 saturated carbocycles. The maximum atomic E-state index is 13.5. The molecule has 12 heteroatoms. The van der Waals surface area contributed by atoms with Crippen LogP contribution in [0.4, 0.5) is 24.7 Å². The molecule has 0 spiro atoms. The number of ether oxygens (including phenoxy) is 1. The number of benzene rings is 2. The Balaban J connectivity index is 1.60. The highest BCUT2D eigenvalue weighted by Gasteiger charge is 2.33. The molecule has 0 radical (unpaired) electrons. The molecule has 2 N–H and O–H groups in total. The molecule has 3 aromatic rings. The van der Waals surface area contributed by atoms with Crippen molar-refractivity contribution in [3.8, 4) is 0 Å². The molecular formula is C30H40F3N5O3S. The lowest BCUT2D eigenvalue weighted by atomic mass is 10.0. The molecule has 1 aliphatic rings. The van der Waals surface area contributed by atoms with Crippen molar-refractivity contribution in [3.63, 3.8) is 0 Å². The van der Waals surface area contributed by atoms with Gasteiger partial charge in [0.15, 0.2) is 0 Å². The number of carbonyl (C=O) groups is 1. The number of nitrogens with one attached hydrogen (secondary N) is 2. The van der Waals surface area contributed by atoms with Crippen LogP contribution in [0.3, 0.4) is 0 Å². The summed E-state index contributed by atoms with van der Waals surface area (Å²) in [5, 5.41) is 6.15. The number of rotatable bonds is 9. The Bertz CT molecular complexity index is 1420. The summed E-state index contributed by atoms with van der Waals surface area (Å²) < 4.78 is 52.1. The molecule has 42 heavy (non-hydrogen) atoms. The van der Waals surface area contributed by atoms with Crippen molar-refractivity contribution in [2.75, 3.05) is 62.2 Å². The van der Waals surface area contributed by atoms with E-state index in [0.29, 0.717) is 73.1 Å². The van der Waals surface area contributed by atoms with Crippen LogP contribution in [-0.4, -0.2) is 72.6 Å². The number of aromatic nitrogens is 2. The summed E-state index contributed by atoms with van der Waals surface area (Å²) in [5.41, 5.74) is 1.86. The van der Waals surface area contributed by atoms with Gasteiger partial charge < -0.3 is 24.5 Å². The first kappa shape index (κ1) is 31.8. The highest BCUT2D eigenvalue weighted by molar-refractivity contribution is 8.29. The van der Waals surface area contributed by atoms with Crippen molar-refractivity contribution in [1.29, 1.82) is 0 Å². The molecule has 8 nitrogen and oxygen atoms in total. The Hall–Kier alpha value is -3.09. The highest BCUT2D eigenvalue weighted by Crippen LogP contribution is 2.53. The first-order valence-corrected chi connectivity index (χ1v) is 16.2. The molecule has 0 aliphatic carbocycles. The van der Waals surface area contributed by atoms with Crippen LogP contribution < -0.4 is 15.5 Å². The summed E-state index contributed by atoms with van der Waals surface area (Å²) in [7, 11) is -1.32. The third kappa shape index (κ3) is 7.45. The van der Waals surface area contributed by atoms with Gasteiger partial charge in [0.25, 0.3) is 5.91 Å². The van der Waals surface area contributed by atoms with Crippen molar-refractivity contribution < 1.29 is 26.9 Å². The van der Waals surface area contributed by atoms with E-state index in [1.165, 1.54) is 13.0 Å². The zero-order chi connectivity index (χ0) is 30.7. The lowest BCUT2D eigenvalue weighted by Gasteiger charge is -2.43. The molecule has 0 atom stereocenters. The van der Waals surface area contributed by atoms with Crippen LogP contribution in [0.2, 0.25) is 0 Å². The number of alkyl halides is 3. The van der Waals surface area contributed by atoms with Crippen molar-refractivity contribution in [3.05, 3.63) is 58.8 Å². The van der Waals surface area contributed by atoms with Gasteiger partial charge in [0.05, 0.1) is 42.8 Å². The molecule has 2 heterocycles. The molecule has 2 aromatic carbocycles. The summed E-state index contributed by atoms with van der Waals surface area (Å²) in [6.07, 6.45) is 1.43. The first-order valence-electron chi connectivity index (χ1n) is 13.9.